The lowest BCUT2D eigenvalue weighted by atomic mass is 9.98. The summed E-state index contributed by atoms with van der Waals surface area (Å²) in [4.78, 5) is 23.9. The Morgan fingerprint density at radius 3 is 2.77 bits per heavy atom. The predicted molar refractivity (Wildman–Crippen MR) is 79.2 cm³/mol. The van der Waals surface area contributed by atoms with Crippen LogP contribution in [0.4, 0.5) is 0 Å². The largest absolute Gasteiger partial charge is 0.479 e. The van der Waals surface area contributed by atoms with Gasteiger partial charge in [-0.15, -0.1) is 0 Å². The number of ether oxygens (including phenoxy) is 1. The van der Waals surface area contributed by atoms with E-state index in [9.17, 15) is 14.7 Å². The zero-order valence-corrected chi connectivity index (χ0v) is 12.6. The molecular formula is C15H14ClNO5. The van der Waals surface area contributed by atoms with Crippen molar-refractivity contribution in [2.45, 2.75) is 18.9 Å². The number of carboxylic acids is 1. The van der Waals surface area contributed by atoms with Gasteiger partial charge in [0, 0.05) is 24.0 Å². The summed E-state index contributed by atoms with van der Waals surface area (Å²) in [5, 5.41) is 13.0. The minimum Gasteiger partial charge on any atom is -0.479 e. The third kappa shape index (κ3) is 2.24. The van der Waals surface area contributed by atoms with Crippen LogP contribution in [0.1, 0.15) is 22.5 Å². The first-order valence-corrected chi connectivity index (χ1v) is 7.14. The molecule has 1 atom stereocenters. The monoisotopic (exact) mass is 323 g/mol. The Hall–Kier alpha value is -2.05. The van der Waals surface area contributed by atoms with Crippen molar-refractivity contribution in [2.75, 3.05) is 13.2 Å². The van der Waals surface area contributed by atoms with Crippen LogP contribution >= 0.6 is 11.6 Å². The number of para-hydroxylation sites is 1. The molecule has 6 nitrogen and oxygen atoms in total. The maximum atomic E-state index is 12.4. The number of fused-ring (bicyclic) bond motifs is 1. The van der Waals surface area contributed by atoms with Gasteiger partial charge in [0.25, 0.3) is 5.91 Å². The fraction of sp³-hybridized carbons (Fsp3) is 0.333. The molecule has 2 aromatic rings. The van der Waals surface area contributed by atoms with Gasteiger partial charge in [0.2, 0.25) is 0 Å². The Balaban J connectivity index is 1.97. The maximum Gasteiger partial charge on any atom is 0.331 e. The van der Waals surface area contributed by atoms with Crippen LogP contribution in [-0.4, -0.2) is 35.7 Å². The molecule has 2 heterocycles. The number of hydrogen-bond donors (Lipinski definition) is 2. The number of furan rings is 1. The van der Waals surface area contributed by atoms with Crippen LogP contribution in [-0.2, 0) is 9.53 Å². The van der Waals surface area contributed by atoms with E-state index in [-0.39, 0.29) is 25.4 Å². The van der Waals surface area contributed by atoms with Crippen molar-refractivity contribution < 1.29 is 23.8 Å². The summed E-state index contributed by atoms with van der Waals surface area (Å²) in [6.45, 7) is 1.96. The van der Waals surface area contributed by atoms with E-state index >= 15 is 0 Å². The number of hydrogen-bond acceptors (Lipinski definition) is 4. The summed E-state index contributed by atoms with van der Waals surface area (Å²) in [5.41, 5.74) is -0.375. The van der Waals surface area contributed by atoms with Gasteiger partial charge in [0.15, 0.2) is 16.9 Å². The zero-order valence-electron chi connectivity index (χ0n) is 11.8. The van der Waals surface area contributed by atoms with Crippen LogP contribution in [0.15, 0.2) is 22.6 Å². The van der Waals surface area contributed by atoms with Crippen LogP contribution < -0.4 is 5.32 Å². The molecule has 0 bridgehead atoms. The molecule has 1 fully saturated rings. The number of rotatable bonds is 3. The first kappa shape index (κ1) is 14.9. The summed E-state index contributed by atoms with van der Waals surface area (Å²) in [7, 11) is 0. The Bertz CT molecular complexity index is 761. The van der Waals surface area contributed by atoms with Crippen LogP contribution in [0.25, 0.3) is 11.0 Å². The molecule has 1 amide bonds. The Morgan fingerprint density at radius 1 is 1.41 bits per heavy atom. The lowest BCUT2D eigenvalue weighted by Gasteiger charge is -2.23. The fourth-order valence-electron chi connectivity index (χ4n) is 2.59. The predicted octanol–water partition coefficient (Wildman–Crippen LogP) is 2.37. The quantitative estimate of drug-likeness (QED) is 0.905. The number of aliphatic carboxylic acids is 1. The number of nitrogens with one attached hydrogen (secondary N) is 1. The minimum atomic E-state index is -1.41. The van der Waals surface area contributed by atoms with E-state index in [1.807, 2.05) is 0 Å². The molecule has 1 aromatic heterocycles. The molecule has 0 aliphatic carbocycles. The van der Waals surface area contributed by atoms with Gasteiger partial charge < -0.3 is 19.6 Å². The van der Waals surface area contributed by atoms with E-state index in [1.165, 1.54) is 0 Å². The Labute approximate surface area is 131 Å². The standard InChI is InChI=1S/C15H14ClNO5/c1-8-9-3-2-4-10(16)12(9)22-11(8)13(18)17-15(14(19)20)5-6-21-7-15/h2-4H,5-7H2,1H3,(H,17,18)(H,19,20). The molecule has 1 unspecified atom stereocenters. The smallest absolute Gasteiger partial charge is 0.331 e. The average Bonchev–Trinajstić information content (AvgIpc) is 3.06. The van der Waals surface area contributed by atoms with E-state index in [4.69, 9.17) is 20.8 Å². The van der Waals surface area contributed by atoms with E-state index in [0.717, 1.165) is 5.39 Å². The van der Waals surface area contributed by atoms with E-state index in [2.05, 4.69) is 5.32 Å². The van der Waals surface area contributed by atoms with Crippen molar-refractivity contribution in [1.29, 1.82) is 0 Å². The highest BCUT2D eigenvalue weighted by atomic mass is 35.5. The second-order valence-electron chi connectivity index (χ2n) is 5.32. The summed E-state index contributed by atoms with van der Waals surface area (Å²) in [6, 6.07) is 5.22. The van der Waals surface area contributed by atoms with Crippen molar-refractivity contribution in [1.82, 2.24) is 5.32 Å². The SMILES string of the molecule is Cc1c(C(=O)NC2(C(=O)O)CCOC2)oc2c(Cl)cccc12. The number of carbonyl (C=O) groups is 2. The number of amides is 1. The second kappa shape index (κ2) is 5.30. The molecule has 2 N–H and O–H groups in total. The van der Waals surface area contributed by atoms with Gasteiger partial charge in [-0.25, -0.2) is 4.79 Å². The molecule has 0 radical (unpaired) electrons. The van der Waals surface area contributed by atoms with Gasteiger partial charge >= 0.3 is 5.97 Å². The molecule has 116 valence electrons. The number of carboxylic acid groups (broad SMARTS) is 1. The van der Waals surface area contributed by atoms with Crippen LogP contribution in [0.3, 0.4) is 0 Å². The third-order valence-corrected chi connectivity index (χ3v) is 4.20. The maximum absolute atomic E-state index is 12.4. The minimum absolute atomic E-state index is 0.0614. The van der Waals surface area contributed by atoms with Crippen molar-refractivity contribution in [3.63, 3.8) is 0 Å². The van der Waals surface area contributed by atoms with Crippen molar-refractivity contribution in [3.05, 3.63) is 34.5 Å². The first-order valence-electron chi connectivity index (χ1n) is 6.76. The molecule has 1 aromatic carbocycles. The van der Waals surface area contributed by atoms with Gasteiger partial charge in [-0.3, -0.25) is 4.79 Å². The van der Waals surface area contributed by atoms with Gasteiger partial charge in [-0.05, 0) is 13.0 Å². The number of carbonyl (C=O) groups excluding carboxylic acids is 1. The third-order valence-electron chi connectivity index (χ3n) is 3.91. The first-order chi connectivity index (χ1) is 10.4. The summed E-state index contributed by atoms with van der Waals surface area (Å²) in [5.74, 6) is -1.64. The highest BCUT2D eigenvalue weighted by Crippen LogP contribution is 2.31. The fourth-order valence-corrected chi connectivity index (χ4v) is 2.80. The highest BCUT2D eigenvalue weighted by molar-refractivity contribution is 6.35. The average molecular weight is 324 g/mol. The molecule has 7 heteroatoms. The van der Waals surface area contributed by atoms with E-state index in [1.54, 1.807) is 25.1 Å². The normalized spacial score (nSPS) is 21.2. The summed E-state index contributed by atoms with van der Waals surface area (Å²) >= 11 is 6.06. The Morgan fingerprint density at radius 2 is 2.18 bits per heavy atom. The summed E-state index contributed by atoms with van der Waals surface area (Å²) in [6.07, 6.45) is 0.216. The van der Waals surface area contributed by atoms with Crippen molar-refractivity contribution in [2.24, 2.45) is 0 Å². The number of benzene rings is 1. The molecule has 0 saturated carbocycles. The summed E-state index contributed by atoms with van der Waals surface area (Å²) < 4.78 is 10.7. The molecule has 0 spiro atoms. The van der Waals surface area contributed by atoms with E-state index < -0.39 is 17.4 Å². The van der Waals surface area contributed by atoms with Gasteiger partial charge in [0.1, 0.15) is 0 Å². The highest BCUT2D eigenvalue weighted by Gasteiger charge is 2.44. The lowest BCUT2D eigenvalue weighted by Crippen LogP contribution is -2.55. The second-order valence-corrected chi connectivity index (χ2v) is 5.72. The zero-order chi connectivity index (χ0) is 15.9. The van der Waals surface area contributed by atoms with Gasteiger partial charge in [0.05, 0.1) is 11.6 Å². The lowest BCUT2D eigenvalue weighted by molar-refractivity contribution is -0.144. The molecular weight excluding hydrogens is 310 g/mol. The number of halogens is 1. The van der Waals surface area contributed by atoms with Gasteiger partial charge in [-0.2, -0.15) is 0 Å². The topological polar surface area (TPSA) is 88.8 Å². The van der Waals surface area contributed by atoms with Crippen LogP contribution in [0.5, 0.6) is 0 Å². The molecule has 1 aliphatic rings. The molecule has 3 rings (SSSR count). The van der Waals surface area contributed by atoms with Crippen LogP contribution in [0, 0.1) is 6.92 Å². The Kier molecular flexibility index (Phi) is 3.58. The molecule has 22 heavy (non-hydrogen) atoms. The van der Waals surface area contributed by atoms with Crippen molar-refractivity contribution in [3.8, 4) is 0 Å². The molecule has 1 saturated heterocycles. The van der Waals surface area contributed by atoms with E-state index in [0.29, 0.717) is 16.2 Å². The number of aryl methyl sites for hydroxylation is 1. The van der Waals surface area contributed by atoms with Gasteiger partial charge in [-0.1, -0.05) is 23.7 Å². The van der Waals surface area contributed by atoms with Crippen LogP contribution in [0.2, 0.25) is 5.02 Å². The van der Waals surface area contributed by atoms with Crippen molar-refractivity contribution >= 4 is 34.4 Å². The molecule has 1 aliphatic heterocycles.